The molecule has 0 radical (unpaired) electrons. The number of ether oxygens (including phenoxy) is 2. The molecule has 1 fully saturated rings. The Labute approximate surface area is 119 Å². The van der Waals surface area contributed by atoms with Crippen molar-refractivity contribution in [1.29, 1.82) is 0 Å². The quantitative estimate of drug-likeness (QED) is 0.601. The van der Waals surface area contributed by atoms with Crippen LogP contribution in [0.1, 0.15) is 58.8 Å². The SMILES string of the molecule is CCCCC1OC(=O)CCCC(CC)C(=O)OC1(O)O. The van der Waals surface area contributed by atoms with Crippen LogP contribution in [0.15, 0.2) is 0 Å². The molecule has 0 spiro atoms. The molecule has 0 aromatic carbocycles. The smallest absolute Gasteiger partial charge is 0.363 e. The van der Waals surface area contributed by atoms with Crippen molar-refractivity contribution in [1.82, 2.24) is 0 Å². The van der Waals surface area contributed by atoms with Crippen LogP contribution in [0.25, 0.3) is 0 Å². The molecule has 1 saturated heterocycles. The predicted octanol–water partition coefficient (Wildman–Crippen LogP) is 1.48. The van der Waals surface area contributed by atoms with Gasteiger partial charge < -0.3 is 19.7 Å². The van der Waals surface area contributed by atoms with Gasteiger partial charge in [0.15, 0.2) is 6.10 Å². The van der Waals surface area contributed by atoms with E-state index in [1.54, 1.807) is 0 Å². The van der Waals surface area contributed by atoms with Crippen molar-refractivity contribution in [3.05, 3.63) is 0 Å². The van der Waals surface area contributed by atoms with Crippen LogP contribution < -0.4 is 0 Å². The largest absolute Gasteiger partial charge is 0.452 e. The maximum absolute atomic E-state index is 11.9. The summed E-state index contributed by atoms with van der Waals surface area (Å²) in [6.45, 7) is 3.75. The Morgan fingerprint density at radius 1 is 1.30 bits per heavy atom. The first-order valence-electron chi connectivity index (χ1n) is 7.27. The number of unbranched alkanes of at least 4 members (excludes halogenated alkanes) is 1. The first-order chi connectivity index (χ1) is 9.40. The summed E-state index contributed by atoms with van der Waals surface area (Å²) in [6, 6.07) is 0. The molecule has 116 valence electrons. The molecule has 1 heterocycles. The lowest BCUT2D eigenvalue weighted by Gasteiger charge is -2.32. The maximum Gasteiger partial charge on any atom is 0.363 e. The number of esters is 2. The second-order valence-corrected chi connectivity index (χ2v) is 5.20. The molecule has 0 aromatic rings. The number of hydrogen-bond donors (Lipinski definition) is 2. The highest BCUT2D eigenvalue weighted by Gasteiger charge is 2.43. The molecule has 6 heteroatoms. The van der Waals surface area contributed by atoms with E-state index in [0.717, 1.165) is 6.42 Å². The predicted molar refractivity (Wildman–Crippen MR) is 70.3 cm³/mol. The third-order valence-electron chi connectivity index (χ3n) is 3.52. The second-order valence-electron chi connectivity index (χ2n) is 5.20. The maximum atomic E-state index is 11.9. The van der Waals surface area contributed by atoms with Gasteiger partial charge in [0, 0.05) is 6.42 Å². The van der Waals surface area contributed by atoms with Crippen LogP contribution in [0.4, 0.5) is 0 Å². The minimum absolute atomic E-state index is 0.169. The number of cyclic esters (lactones) is 2. The average Bonchev–Trinajstić information content (AvgIpc) is 2.37. The third kappa shape index (κ3) is 4.76. The van der Waals surface area contributed by atoms with Gasteiger partial charge in [-0.25, -0.2) is 0 Å². The van der Waals surface area contributed by atoms with E-state index in [9.17, 15) is 19.8 Å². The molecule has 2 atom stereocenters. The fraction of sp³-hybridized carbons (Fsp3) is 0.857. The Bertz CT molecular complexity index is 339. The highest BCUT2D eigenvalue weighted by molar-refractivity contribution is 5.73. The van der Waals surface area contributed by atoms with Gasteiger partial charge in [0.2, 0.25) is 0 Å². The molecule has 0 saturated carbocycles. The van der Waals surface area contributed by atoms with Crippen LogP contribution in [-0.2, 0) is 19.1 Å². The van der Waals surface area contributed by atoms with Gasteiger partial charge in [0.05, 0.1) is 5.92 Å². The fourth-order valence-corrected chi connectivity index (χ4v) is 2.21. The van der Waals surface area contributed by atoms with E-state index < -0.39 is 29.9 Å². The highest BCUT2D eigenvalue weighted by atomic mass is 16.8. The van der Waals surface area contributed by atoms with Crippen molar-refractivity contribution >= 4 is 11.9 Å². The molecule has 0 aromatic heterocycles. The molecule has 0 aliphatic carbocycles. The summed E-state index contributed by atoms with van der Waals surface area (Å²) in [5.74, 6) is -4.33. The van der Waals surface area contributed by atoms with Crippen molar-refractivity contribution in [2.24, 2.45) is 5.92 Å². The minimum Gasteiger partial charge on any atom is -0.452 e. The number of carbonyl (C=O) groups excluding carboxylic acids is 2. The summed E-state index contributed by atoms with van der Waals surface area (Å²) in [4.78, 5) is 23.6. The van der Waals surface area contributed by atoms with Gasteiger partial charge in [-0.05, 0) is 32.1 Å². The van der Waals surface area contributed by atoms with Crippen molar-refractivity contribution in [2.45, 2.75) is 70.9 Å². The topological polar surface area (TPSA) is 93.1 Å². The Balaban J connectivity index is 2.87. The van der Waals surface area contributed by atoms with Crippen LogP contribution in [0.2, 0.25) is 0 Å². The van der Waals surface area contributed by atoms with Crippen LogP contribution in [0.3, 0.4) is 0 Å². The molecule has 2 N–H and O–H groups in total. The molecule has 0 amide bonds. The van der Waals surface area contributed by atoms with E-state index in [4.69, 9.17) is 9.47 Å². The zero-order chi connectivity index (χ0) is 15.2. The van der Waals surface area contributed by atoms with Gasteiger partial charge in [-0.15, -0.1) is 0 Å². The Morgan fingerprint density at radius 3 is 2.60 bits per heavy atom. The number of hydrogen-bond acceptors (Lipinski definition) is 6. The Morgan fingerprint density at radius 2 is 2.00 bits per heavy atom. The molecule has 1 rings (SSSR count). The summed E-state index contributed by atoms with van der Waals surface area (Å²) in [5.41, 5.74) is 0. The van der Waals surface area contributed by atoms with Crippen molar-refractivity contribution in [3.8, 4) is 0 Å². The number of carbonyl (C=O) groups is 2. The summed E-state index contributed by atoms with van der Waals surface area (Å²) in [5, 5.41) is 19.8. The monoisotopic (exact) mass is 288 g/mol. The molecular weight excluding hydrogens is 264 g/mol. The molecule has 1 aliphatic heterocycles. The van der Waals surface area contributed by atoms with Gasteiger partial charge in [0.1, 0.15) is 0 Å². The summed E-state index contributed by atoms with van der Waals surface area (Å²) in [7, 11) is 0. The van der Waals surface area contributed by atoms with Gasteiger partial charge in [-0.1, -0.05) is 20.3 Å². The third-order valence-corrected chi connectivity index (χ3v) is 3.52. The summed E-state index contributed by atoms with van der Waals surface area (Å²) in [6.07, 6.45) is 2.13. The molecular formula is C14H24O6. The van der Waals surface area contributed by atoms with E-state index in [0.29, 0.717) is 25.7 Å². The van der Waals surface area contributed by atoms with E-state index >= 15 is 0 Å². The summed E-state index contributed by atoms with van der Waals surface area (Å²) < 4.78 is 9.82. The van der Waals surface area contributed by atoms with E-state index in [1.165, 1.54) is 0 Å². The molecule has 0 bridgehead atoms. The minimum atomic E-state index is -2.76. The zero-order valence-electron chi connectivity index (χ0n) is 12.1. The lowest BCUT2D eigenvalue weighted by molar-refractivity contribution is -0.361. The zero-order valence-corrected chi connectivity index (χ0v) is 12.1. The summed E-state index contributed by atoms with van der Waals surface area (Å²) >= 11 is 0. The molecule has 2 unspecified atom stereocenters. The average molecular weight is 288 g/mol. The Hall–Kier alpha value is -1.14. The van der Waals surface area contributed by atoms with Crippen molar-refractivity contribution < 1.29 is 29.3 Å². The number of aliphatic hydroxyl groups is 2. The van der Waals surface area contributed by atoms with E-state index in [2.05, 4.69) is 0 Å². The molecule has 20 heavy (non-hydrogen) atoms. The Kier molecular flexibility index (Phi) is 6.42. The second kappa shape index (κ2) is 7.59. The normalized spacial score (nSPS) is 27.6. The lowest BCUT2D eigenvalue weighted by Crippen LogP contribution is -2.50. The van der Waals surface area contributed by atoms with Crippen LogP contribution in [-0.4, -0.2) is 34.2 Å². The lowest BCUT2D eigenvalue weighted by atomic mass is 9.99. The highest BCUT2D eigenvalue weighted by Crippen LogP contribution is 2.25. The van der Waals surface area contributed by atoms with Gasteiger partial charge in [-0.3, -0.25) is 9.59 Å². The van der Waals surface area contributed by atoms with E-state index in [-0.39, 0.29) is 12.8 Å². The van der Waals surface area contributed by atoms with Crippen LogP contribution in [0.5, 0.6) is 0 Å². The first-order valence-corrected chi connectivity index (χ1v) is 7.27. The molecule has 1 aliphatic rings. The standard InChI is InChI=1S/C14H24O6/c1-3-5-8-11-14(17,18)20-13(16)10(4-2)7-6-9-12(15)19-11/h10-11,17-18H,3-9H2,1-2H3. The van der Waals surface area contributed by atoms with Crippen molar-refractivity contribution in [2.75, 3.05) is 0 Å². The van der Waals surface area contributed by atoms with E-state index in [1.807, 2.05) is 13.8 Å². The fourth-order valence-electron chi connectivity index (χ4n) is 2.21. The van der Waals surface area contributed by atoms with Gasteiger partial charge in [-0.2, -0.15) is 0 Å². The van der Waals surface area contributed by atoms with Gasteiger partial charge in [0.25, 0.3) is 0 Å². The first kappa shape index (κ1) is 16.9. The van der Waals surface area contributed by atoms with Gasteiger partial charge >= 0.3 is 17.9 Å². The van der Waals surface area contributed by atoms with Crippen molar-refractivity contribution in [3.63, 3.8) is 0 Å². The molecule has 6 nitrogen and oxygen atoms in total. The number of rotatable bonds is 4. The van der Waals surface area contributed by atoms with Crippen LogP contribution in [0, 0.1) is 5.92 Å². The van der Waals surface area contributed by atoms with Crippen LogP contribution >= 0.6 is 0 Å².